The Hall–Kier alpha value is -1.56. The Labute approximate surface area is 109 Å². The molecule has 0 radical (unpaired) electrons. The van der Waals surface area contributed by atoms with Crippen LogP contribution in [-0.4, -0.2) is 29.9 Å². The molecule has 6 heteroatoms. The van der Waals surface area contributed by atoms with Crippen molar-refractivity contribution in [3.05, 3.63) is 35.1 Å². The fraction of sp³-hybridized carbons (Fsp3) is 0.462. The van der Waals surface area contributed by atoms with Gasteiger partial charge in [0.2, 0.25) is 0 Å². The van der Waals surface area contributed by atoms with Crippen molar-refractivity contribution in [1.29, 1.82) is 0 Å². The van der Waals surface area contributed by atoms with Crippen LogP contribution in [0.2, 0.25) is 0 Å². The molecule has 1 fully saturated rings. The summed E-state index contributed by atoms with van der Waals surface area (Å²) in [6.07, 6.45) is 2.20. The number of halogens is 3. The van der Waals surface area contributed by atoms with Crippen LogP contribution in [0.4, 0.5) is 13.2 Å². The second kappa shape index (κ2) is 5.61. The third kappa shape index (κ3) is 3.07. The van der Waals surface area contributed by atoms with Gasteiger partial charge in [0, 0.05) is 24.7 Å². The highest BCUT2D eigenvalue weighted by Crippen LogP contribution is 2.29. The van der Waals surface area contributed by atoms with Crippen molar-refractivity contribution in [2.75, 3.05) is 13.1 Å². The van der Waals surface area contributed by atoms with Gasteiger partial charge in [-0.05, 0) is 25.8 Å². The molecule has 1 aromatic carbocycles. The number of carbonyl (C=O) groups excluding carboxylic acids is 1. The van der Waals surface area contributed by atoms with E-state index in [1.165, 1.54) is 4.90 Å². The molecule has 19 heavy (non-hydrogen) atoms. The van der Waals surface area contributed by atoms with E-state index in [4.69, 9.17) is 5.73 Å². The molecule has 104 valence electrons. The van der Waals surface area contributed by atoms with Crippen molar-refractivity contribution in [2.45, 2.75) is 25.3 Å². The largest absolute Gasteiger partial charge is 0.335 e. The van der Waals surface area contributed by atoms with Crippen molar-refractivity contribution < 1.29 is 18.0 Å². The first-order valence-electron chi connectivity index (χ1n) is 6.20. The second-order valence-corrected chi connectivity index (χ2v) is 4.62. The fourth-order valence-electron chi connectivity index (χ4n) is 1.99. The molecule has 2 rings (SSSR count). The smallest absolute Gasteiger partial charge is 0.260 e. The van der Waals surface area contributed by atoms with Crippen LogP contribution in [0.5, 0.6) is 0 Å². The van der Waals surface area contributed by atoms with Crippen LogP contribution in [0.25, 0.3) is 0 Å². The number of rotatable bonds is 5. The van der Waals surface area contributed by atoms with Gasteiger partial charge in [-0.1, -0.05) is 0 Å². The molecule has 0 unspecified atom stereocenters. The van der Waals surface area contributed by atoms with Gasteiger partial charge in [-0.25, -0.2) is 13.2 Å². The molecule has 0 aliphatic heterocycles. The summed E-state index contributed by atoms with van der Waals surface area (Å²) in [5, 5.41) is 0. The lowest BCUT2D eigenvalue weighted by atomic mass is 10.1. The zero-order valence-corrected chi connectivity index (χ0v) is 10.3. The molecule has 1 aliphatic rings. The van der Waals surface area contributed by atoms with E-state index in [2.05, 4.69) is 0 Å². The predicted molar refractivity (Wildman–Crippen MR) is 64.0 cm³/mol. The quantitative estimate of drug-likeness (QED) is 0.891. The lowest BCUT2D eigenvalue weighted by molar-refractivity contribution is 0.0732. The lowest BCUT2D eigenvalue weighted by Crippen LogP contribution is -2.36. The van der Waals surface area contributed by atoms with Crippen LogP contribution in [0, 0.1) is 17.5 Å². The summed E-state index contributed by atoms with van der Waals surface area (Å²) in [5.41, 5.74) is 4.69. The Morgan fingerprint density at radius 3 is 2.32 bits per heavy atom. The zero-order valence-electron chi connectivity index (χ0n) is 10.3. The Morgan fingerprint density at radius 2 is 1.84 bits per heavy atom. The first-order valence-corrected chi connectivity index (χ1v) is 6.20. The van der Waals surface area contributed by atoms with Gasteiger partial charge in [-0.2, -0.15) is 0 Å². The summed E-state index contributed by atoms with van der Waals surface area (Å²) >= 11 is 0. The van der Waals surface area contributed by atoms with Crippen LogP contribution in [0.1, 0.15) is 29.6 Å². The maximum absolute atomic E-state index is 13.6. The maximum atomic E-state index is 13.6. The summed E-state index contributed by atoms with van der Waals surface area (Å²) < 4.78 is 40.0. The van der Waals surface area contributed by atoms with Crippen molar-refractivity contribution in [3.63, 3.8) is 0 Å². The van der Waals surface area contributed by atoms with Crippen molar-refractivity contribution in [3.8, 4) is 0 Å². The fourth-order valence-corrected chi connectivity index (χ4v) is 1.99. The second-order valence-electron chi connectivity index (χ2n) is 4.62. The number of nitrogens with two attached hydrogens (primary N) is 1. The van der Waals surface area contributed by atoms with Gasteiger partial charge in [-0.15, -0.1) is 0 Å². The zero-order chi connectivity index (χ0) is 14.0. The Balaban J connectivity index is 2.26. The molecule has 3 nitrogen and oxygen atoms in total. The normalized spacial score (nSPS) is 14.5. The molecule has 0 heterocycles. The third-order valence-electron chi connectivity index (χ3n) is 3.07. The van der Waals surface area contributed by atoms with E-state index in [0.29, 0.717) is 31.6 Å². The molecule has 1 saturated carbocycles. The summed E-state index contributed by atoms with van der Waals surface area (Å²) in [4.78, 5) is 13.6. The summed E-state index contributed by atoms with van der Waals surface area (Å²) in [6, 6.07) is 1.05. The number of hydrogen-bond donors (Lipinski definition) is 1. The molecule has 0 spiro atoms. The van der Waals surface area contributed by atoms with Crippen LogP contribution in [0.3, 0.4) is 0 Å². The highest BCUT2D eigenvalue weighted by Gasteiger charge is 2.34. The van der Waals surface area contributed by atoms with E-state index in [1.54, 1.807) is 0 Å². The van der Waals surface area contributed by atoms with Crippen molar-refractivity contribution >= 4 is 5.91 Å². The van der Waals surface area contributed by atoms with Crippen LogP contribution < -0.4 is 5.73 Å². The molecular formula is C13H15F3N2O. The van der Waals surface area contributed by atoms with Gasteiger partial charge in [0.25, 0.3) is 5.91 Å². The molecule has 1 aromatic rings. The van der Waals surface area contributed by atoms with E-state index < -0.39 is 28.9 Å². The Bertz CT molecular complexity index is 466. The van der Waals surface area contributed by atoms with Gasteiger partial charge in [0.1, 0.15) is 23.0 Å². The van der Waals surface area contributed by atoms with E-state index in [1.807, 2.05) is 0 Å². The standard InChI is InChI=1S/C13H15F3N2O/c14-8-6-10(15)12(11(16)7-8)13(19)18(5-1-4-17)9-2-3-9/h6-7,9H,1-5,17H2. The number of hydrogen-bond acceptors (Lipinski definition) is 2. The van der Waals surface area contributed by atoms with Crippen molar-refractivity contribution in [2.24, 2.45) is 5.73 Å². The molecule has 0 atom stereocenters. The van der Waals surface area contributed by atoms with Gasteiger partial charge in [0.05, 0.1) is 0 Å². The summed E-state index contributed by atoms with van der Waals surface area (Å²) in [7, 11) is 0. The molecule has 0 saturated heterocycles. The average Bonchev–Trinajstić information content (AvgIpc) is 3.12. The van der Waals surface area contributed by atoms with Gasteiger partial charge in [-0.3, -0.25) is 4.79 Å². The number of amides is 1. The number of carbonyl (C=O) groups is 1. The predicted octanol–water partition coefficient (Wildman–Crippen LogP) is 2.06. The number of nitrogens with zero attached hydrogens (tertiary/aromatic N) is 1. The molecule has 1 aliphatic carbocycles. The van der Waals surface area contributed by atoms with Crippen molar-refractivity contribution in [1.82, 2.24) is 4.90 Å². The monoisotopic (exact) mass is 272 g/mol. The van der Waals surface area contributed by atoms with Crippen LogP contribution in [-0.2, 0) is 0 Å². The Kier molecular flexibility index (Phi) is 4.09. The topological polar surface area (TPSA) is 46.3 Å². The minimum atomic E-state index is -1.17. The van der Waals surface area contributed by atoms with Gasteiger partial charge in [0.15, 0.2) is 0 Å². The van der Waals surface area contributed by atoms with E-state index >= 15 is 0 Å². The average molecular weight is 272 g/mol. The van der Waals surface area contributed by atoms with Crippen LogP contribution >= 0.6 is 0 Å². The minimum absolute atomic E-state index is 0.0166. The molecule has 0 aromatic heterocycles. The Morgan fingerprint density at radius 1 is 1.26 bits per heavy atom. The molecular weight excluding hydrogens is 257 g/mol. The lowest BCUT2D eigenvalue weighted by Gasteiger charge is -2.22. The number of benzene rings is 1. The molecule has 1 amide bonds. The maximum Gasteiger partial charge on any atom is 0.260 e. The first-order chi connectivity index (χ1) is 9.04. The van der Waals surface area contributed by atoms with E-state index in [9.17, 15) is 18.0 Å². The third-order valence-corrected chi connectivity index (χ3v) is 3.07. The SMILES string of the molecule is NCCCN(C(=O)c1c(F)cc(F)cc1F)C1CC1. The van der Waals surface area contributed by atoms with E-state index in [0.717, 1.165) is 12.8 Å². The highest BCUT2D eigenvalue weighted by molar-refractivity contribution is 5.95. The molecule has 2 N–H and O–H groups in total. The van der Waals surface area contributed by atoms with Gasteiger partial charge < -0.3 is 10.6 Å². The summed E-state index contributed by atoms with van der Waals surface area (Å²) in [6.45, 7) is 0.751. The minimum Gasteiger partial charge on any atom is -0.335 e. The first kappa shape index (κ1) is 13.9. The van der Waals surface area contributed by atoms with Gasteiger partial charge >= 0.3 is 0 Å². The van der Waals surface area contributed by atoms with E-state index in [-0.39, 0.29) is 6.04 Å². The van der Waals surface area contributed by atoms with Crippen LogP contribution in [0.15, 0.2) is 12.1 Å². The summed E-state index contributed by atoms with van der Waals surface area (Å²) in [5.74, 6) is -4.10. The molecule has 0 bridgehead atoms. The highest BCUT2D eigenvalue weighted by atomic mass is 19.1.